The lowest BCUT2D eigenvalue weighted by atomic mass is 9.92. The molecule has 130 valence electrons. The fourth-order valence-corrected chi connectivity index (χ4v) is 5.59. The Morgan fingerprint density at radius 2 is 2.00 bits per heavy atom. The standard InChI is InChI=1S/C23H23NP2/c1-3-7-18-15(2)12-13-21-22(18)23(26-25)19-14-17-9-5-4-8-16(17)10-6-11-20(19)24-21/h3-10,12-13,26H,11,14,25H2,1-2H3/b7-3-,10-6-. The van der Waals surface area contributed by atoms with Gasteiger partial charge in [-0.05, 0) is 53.0 Å². The Bertz CT molecular complexity index is 1050. The summed E-state index contributed by atoms with van der Waals surface area (Å²) in [5.41, 5.74) is 9.10. The third-order valence-electron chi connectivity index (χ3n) is 5.11. The fraction of sp³-hybridized carbons (Fsp3) is 0.174. The summed E-state index contributed by atoms with van der Waals surface area (Å²) in [7, 11) is 3.64. The molecule has 0 saturated carbocycles. The Hall–Kier alpha value is -1.81. The highest BCUT2D eigenvalue weighted by atomic mass is 32.0. The maximum absolute atomic E-state index is 5.09. The summed E-state index contributed by atoms with van der Waals surface area (Å²) in [6, 6.07) is 13.1. The van der Waals surface area contributed by atoms with Gasteiger partial charge in [-0.2, -0.15) is 0 Å². The SMILES string of the molecule is C/C=C\c1c(C)ccc2nc3c(c(PP)c12)Cc1ccccc1/C=C\C3. The summed E-state index contributed by atoms with van der Waals surface area (Å²) < 4.78 is 0. The predicted octanol–water partition coefficient (Wildman–Crippen LogP) is 5.83. The smallest absolute Gasteiger partial charge is 0.0718 e. The summed E-state index contributed by atoms with van der Waals surface area (Å²) in [6.45, 7) is 4.28. The highest BCUT2D eigenvalue weighted by molar-refractivity contribution is 8.07. The number of nitrogens with zero attached hydrogens (tertiary/aromatic N) is 1. The first kappa shape index (κ1) is 17.6. The number of aryl methyl sites for hydroxylation is 1. The minimum absolute atomic E-state index is 0.671. The number of aromatic nitrogens is 1. The molecule has 1 nitrogen and oxygen atoms in total. The Kier molecular flexibility index (Phi) is 5.03. The van der Waals surface area contributed by atoms with Gasteiger partial charge < -0.3 is 0 Å². The lowest BCUT2D eigenvalue weighted by molar-refractivity contribution is 1.05. The van der Waals surface area contributed by atoms with Crippen LogP contribution in [0.3, 0.4) is 0 Å². The van der Waals surface area contributed by atoms with Gasteiger partial charge in [0.25, 0.3) is 0 Å². The molecule has 2 aromatic carbocycles. The number of hydrogen-bond donors (Lipinski definition) is 0. The zero-order valence-corrected chi connectivity index (χ0v) is 17.4. The van der Waals surface area contributed by atoms with E-state index >= 15 is 0 Å². The quantitative estimate of drug-likeness (QED) is 0.514. The maximum atomic E-state index is 5.09. The van der Waals surface area contributed by atoms with Gasteiger partial charge in [0.15, 0.2) is 0 Å². The van der Waals surface area contributed by atoms with Crippen LogP contribution in [-0.2, 0) is 12.8 Å². The zero-order chi connectivity index (χ0) is 18.1. The largest absolute Gasteiger partial charge is 0.252 e. The maximum Gasteiger partial charge on any atom is 0.0718 e. The Morgan fingerprint density at radius 3 is 2.81 bits per heavy atom. The first-order chi connectivity index (χ1) is 12.7. The van der Waals surface area contributed by atoms with E-state index in [4.69, 9.17) is 4.98 Å². The molecular formula is C23H23NP2. The summed E-state index contributed by atoms with van der Waals surface area (Å²) in [5, 5.41) is 2.79. The molecule has 1 heterocycles. The summed E-state index contributed by atoms with van der Waals surface area (Å²) in [6.07, 6.45) is 10.7. The van der Waals surface area contributed by atoms with E-state index in [-0.39, 0.29) is 0 Å². The van der Waals surface area contributed by atoms with Crippen LogP contribution in [0.1, 0.15) is 40.4 Å². The van der Waals surface area contributed by atoms with Crippen molar-refractivity contribution in [2.45, 2.75) is 26.7 Å². The van der Waals surface area contributed by atoms with Crippen molar-refractivity contribution in [3.05, 3.63) is 82.1 Å². The zero-order valence-electron chi connectivity index (χ0n) is 15.2. The van der Waals surface area contributed by atoms with E-state index in [1.807, 2.05) is 0 Å². The lowest BCUT2D eigenvalue weighted by Gasteiger charge is -2.20. The number of benzene rings is 2. The molecule has 1 aliphatic carbocycles. The number of allylic oxidation sites excluding steroid dienone is 2. The third kappa shape index (κ3) is 3.05. The first-order valence-corrected chi connectivity index (χ1v) is 11.8. The summed E-state index contributed by atoms with van der Waals surface area (Å²) >= 11 is 0. The van der Waals surface area contributed by atoms with Crippen molar-refractivity contribution in [3.8, 4) is 0 Å². The van der Waals surface area contributed by atoms with Crippen LogP contribution >= 0.6 is 17.2 Å². The van der Waals surface area contributed by atoms with Gasteiger partial charge in [-0.15, -0.1) is 8.93 Å². The van der Waals surface area contributed by atoms with Crippen molar-refractivity contribution >= 4 is 45.6 Å². The second-order valence-corrected chi connectivity index (χ2v) is 8.38. The molecule has 1 aromatic heterocycles. The molecular weight excluding hydrogens is 352 g/mol. The normalized spacial score (nSPS) is 15.2. The van der Waals surface area contributed by atoms with Crippen LogP contribution in [0.4, 0.5) is 0 Å². The van der Waals surface area contributed by atoms with Crippen LogP contribution in [-0.4, -0.2) is 4.98 Å². The van der Waals surface area contributed by atoms with Gasteiger partial charge in [0, 0.05) is 23.9 Å². The van der Waals surface area contributed by atoms with Gasteiger partial charge in [0.05, 0.1) is 5.52 Å². The van der Waals surface area contributed by atoms with Crippen molar-refractivity contribution in [1.82, 2.24) is 4.98 Å². The second-order valence-electron chi connectivity index (χ2n) is 6.73. The van der Waals surface area contributed by atoms with Gasteiger partial charge in [0.2, 0.25) is 0 Å². The van der Waals surface area contributed by atoms with Gasteiger partial charge in [0.1, 0.15) is 0 Å². The molecule has 0 radical (unpaired) electrons. The highest BCUT2D eigenvalue weighted by Gasteiger charge is 2.18. The van der Waals surface area contributed by atoms with E-state index in [0.29, 0.717) is 8.27 Å². The topological polar surface area (TPSA) is 12.9 Å². The van der Waals surface area contributed by atoms with E-state index in [2.05, 4.69) is 83.5 Å². The van der Waals surface area contributed by atoms with Crippen LogP contribution in [0.5, 0.6) is 0 Å². The van der Waals surface area contributed by atoms with Gasteiger partial charge >= 0.3 is 0 Å². The Balaban J connectivity index is 2.05. The van der Waals surface area contributed by atoms with Crippen molar-refractivity contribution in [2.75, 3.05) is 0 Å². The Labute approximate surface area is 159 Å². The molecule has 0 amide bonds. The van der Waals surface area contributed by atoms with E-state index in [1.165, 1.54) is 44.2 Å². The van der Waals surface area contributed by atoms with Crippen molar-refractivity contribution in [2.24, 2.45) is 0 Å². The van der Waals surface area contributed by atoms with Gasteiger partial charge in [-0.25, -0.2) is 0 Å². The van der Waals surface area contributed by atoms with Gasteiger partial charge in [-0.1, -0.05) is 62.9 Å². The van der Waals surface area contributed by atoms with Crippen LogP contribution in [0.2, 0.25) is 0 Å². The molecule has 0 fully saturated rings. The summed E-state index contributed by atoms with van der Waals surface area (Å²) in [5.74, 6) is 0. The predicted molar refractivity (Wildman–Crippen MR) is 121 cm³/mol. The van der Waals surface area contributed by atoms with Crippen LogP contribution < -0.4 is 5.30 Å². The second kappa shape index (κ2) is 7.43. The van der Waals surface area contributed by atoms with Crippen molar-refractivity contribution in [1.29, 1.82) is 0 Å². The van der Waals surface area contributed by atoms with Crippen LogP contribution in [0.15, 0.2) is 48.6 Å². The van der Waals surface area contributed by atoms with E-state index < -0.39 is 0 Å². The van der Waals surface area contributed by atoms with Crippen LogP contribution in [0.25, 0.3) is 23.1 Å². The molecule has 0 saturated heterocycles. The van der Waals surface area contributed by atoms with E-state index in [0.717, 1.165) is 18.4 Å². The average molecular weight is 375 g/mol. The number of fused-ring (bicyclic) bond motifs is 3. The summed E-state index contributed by atoms with van der Waals surface area (Å²) in [4.78, 5) is 5.09. The molecule has 4 rings (SSSR count). The molecule has 1 aliphatic rings. The molecule has 2 unspecified atom stereocenters. The number of pyridine rings is 1. The molecule has 3 aromatic rings. The van der Waals surface area contributed by atoms with Crippen molar-refractivity contribution < 1.29 is 0 Å². The molecule has 26 heavy (non-hydrogen) atoms. The molecule has 0 spiro atoms. The van der Waals surface area contributed by atoms with Crippen LogP contribution in [0, 0.1) is 6.92 Å². The average Bonchev–Trinajstić information content (AvgIpc) is 2.64. The first-order valence-electron chi connectivity index (χ1n) is 9.01. The van der Waals surface area contributed by atoms with Crippen molar-refractivity contribution in [3.63, 3.8) is 0 Å². The lowest BCUT2D eigenvalue weighted by Crippen LogP contribution is -2.15. The number of hydrogen-bond acceptors (Lipinski definition) is 1. The molecule has 2 atom stereocenters. The minimum atomic E-state index is 0.671. The fourth-order valence-electron chi connectivity index (χ4n) is 3.82. The molecule has 0 bridgehead atoms. The monoisotopic (exact) mass is 375 g/mol. The highest BCUT2D eigenvalue weighted by Crippen LogP contribution is 2.34. The molecule has 0 N–H and O–H groups in total. The third-order valence-corrected chi connectivity index (χ3v) is 6.81. The van der Waals surface area contributed by atoms with Gasteiger partial charge in [-0.3, -0.25) is 4.98 Å². The minimum Gasteiger partial charge on any atom is -0.252 e. The van der Waals surface area contributed by atoms with E-state index in [9.17, 15) is 0 Å². The Morgan fingerprint density at radius 1 is 1.15 bits per heavy atom. The van der Waals surface area contributed by atoms with E-state index in [1.54, 1.807) is 0 Å². The number of rotatable bonds is 2. The molecule has 0 aliphatic heterocycles. The molecule has 3 heteroatoms.